The number of anilines is 1. The molecule has 2 N–H and O–H groups in total. The summed E-state index contributed by atoms with van der Waals surface area (Å²) in [5.41, 5.74) is 1.65. The molecule has 4 nitrogen and oxygen atoms in total. The third kappa shape index (κ3) is 4.06. The zero-order valence-corrected chi connectivity index (χ0v) is 12.9. The van der Waals surface area contributed by atoms with Crippen LogP contribution in [0.1, 0.15) is 18.9 Å². The summed E-state index contributed by atoms with van der Waals surface area (Å²) in [4.78, 5) is 0. The van der Waals surface area contributed by atoms with Crippen LogP contribution in [-0.2, 0) is 16.6 Å². The Kier molecular flexibility index (Phi) is 5.17. The fraction of sp³-hybridized carbons (Fsp3) is 0.286. The highest BCUT2D eigenvalue weighted by molar-refractivity contribution is 7.94. The van der Waals surface area contributed by atoms with Crippen molar-refractivity contribution in [2.24, 2.45) is 0 Å². The van der Waals surface area contributed by atoms with Crippen molar-refractivity contribution < 1.29 is 8.42 Å². The van der Waals surface area contributed by atoms with Crippen LogP contribution in [0, 0.1) is 0 Å². The summed E-state index contributed by atoms with van der Waals surface area (Å²) >= 11 is 1.21. The number of rotatable bonds is 7. The molecule has 0 atom stereocenters. The normalized spacial score (nSPS) is 11.4. The maximum atomic E-state index is 12.1. The molecule has 0 fully saturated rings. The van der Waals surface area contributed by atoms with Gasteiger partial charge >= 0.3 is 0 Å². The van der Waals surface area contributed by atoms with Gasteiger partial charge < -0.3 is 5.32 Å². The lowest BCUT2D eigenvalue weighted by Gasteiger charge is -2.09. The molecular weight excluding hydrogens is 292 g/mol. The van der Waals surface area contributed by atoms with Crippen molar-refractivity contribution in [3.05, 3.63) is 47.3 Å². The Morgan fingerprint density at radius 1 is 1.20 bits per heavy atom. The third-order valence-electron chi connectivity index (χ3n) is 2.70. The summed E-state index contributed by atoms with van der Waals surface area (Å²) in [7, 11) is -3.46. The van der Waals surface area contributed by atoms with E-state index in [9.17, 15) is 8.42 Å². The van der Waals surface area contributed by atoms with Crippen LogP contribution in [0.4, 0.5) is 5.69 Å². The van der Waals surface area contributed by atoms with E-state index in [0.29, 0.717) is 9.90 Å². The van der Waals surface area contributed by atoms with Gasteiger partial charge in [-0.2, -0.15) is 0 Å². The Hall–Kier alpha value is -1.37. The SMILES string of the molecule is CCCNCc1cccc(NS(=O)(=O)c2cccs2)c1. The molecular formula is C14H18N2O2S2. The molecule has 6 heteroatoms. The quantitative estimate of drug-likeness (QED) is 0.773. The van der Waals surface area contributed by atoms with E-state index in [2.05, 4.69) is 17.0 Å². The van der Waals surface area contributed by atoms with Crippen LogP contribution in [0.2, 0.25) is 0 Å². The number of hydrogen-bond donors (Lipinski definition) is 2. The maximum absolute atomic E-state index is 12.1. The minimum atomic E-state index is -3.46. The number of benzene rings is 1. The van der Waals surface area contributed by atoms with Gasteiger partial charge in [-0.25, -0.2) is 8.42 Å². The molecule has 0 aliphatic rings. The fourth-order valence-corrected chi connectivity index (χ4v) is 3.82. The summed E-state index contributed by atoms with van der Waals surface area (Å²) in [5, 5.41) is 5.04. The molecule has 0 saturated carbocycles. The van der Waals surface area contributed by atoms with Gasteiger partial charge in [0.05, 0.1) is 0 Å². The first-order valence-corrected chi connectivity index (χ1v) is 8.84. The first-order valence-electron chi connectivity index (χ1n) is 6.48. The van der Waals surface area contributed by atoms with Crippen LogP contribution < -0.4 is 10.0 Å². The van der Waals surface area contributed by atoms with E-state index in [1.807, 2.05) is 18.2 Å². The molecule has 0 aliphatic heterocycles. The summed E-state index contributed by atoms with van der Waals surface area (Å²) in [6.45, 7) is 3.80. The van der Waals surface area contributed by atoms with Crippen molar-refractivity contribution >= 4 is 27.0 Å². The molecule has 0 aliphatic carbocycles. The van der Waals surface area contributed by atoms with Crippen LogP contribution in [0.3, 0.4) is 0 Å². The predicted molar refractivity (Wildman–Crippen MR) is 83.6 cm³/mol. The number of sulfonamides is 1. The van der Waals surface area contributed by atoms with Crippen molar-refractivity contribution in [2.75, 3.05) is 11.3 Å². The molecule has 0 unspecified atom stereocenters. The van der Waals surface area contributed by atoms with Gasteiger partial charge in [0.2, 0.25) is 0 Å². The monoisotopic (exact) mass is 310 g/mol. The Balaban J connectivity index is 2.08. The van der Waals surface area contributed by atoms with Crippen molar-refractivity contribution in [1.82, 2.24) is 5.32 Å². The van der Waals surface area contributed by atoms with Crippen LogP contribution in [0.5, 0.6) is 0 Å². The highest BCUT2D eigenvalue weighted by atomic mass is 32.2. The zero-order chi connectivity index (χ0) is 14.4. The molecule has 108 valence electrons. The molecule has 1 aromatic carbocycles. The zero-order valence-electron chi connectivity index (χ0n) is 11.3. The van der Waals surface area contributed by atoms with Crippen LogP contribution in [0.15, 0.2) is 46.0 Å². The van der Waals surface area contributed by atoms with E-state index in [1.54, 1.807) is 23.6 Å². The van der Waals surface area contributed by atoms with Crippen LogP contribution >= 0.6 is 11.3 Å². The first kappa shape index (κ1) is 15.0. The largest absolute Gasteiger partial charge is 0.313 e. The summed E-state index contributed by atoms with van der Waals surface area (Å²) in [6, 6.07) is 10.8. The Morgan fingerprint density at radius 3 is 2.75 bits per heavy atom. The van der Waals surface area contributed by atoms with Gasteiger partial charge in [-0.3, -0.25) is 4.72 Å². The van der Waals surface area contributed by atoms with Gasteiger partial charge in [0.1, 0.15) is 4.21 Å². The van der Waals surface area contributed by atoms with E-state index >= 15 is 0 Å². The van der Waals surface area contributed by atoms with Crippen LogP contribution in [0.25, 0.3) is 0 Å². The Bertz CT molecular complexity index is 637. The van der Waals surface area contributed by atoms with Crippen molar-refractivity contribution in [3.8, 4) is 0 Å². The molecule has 20 heavy (non-hydrogen) atoms. The second-order valence-corrected chi connectivity index (χ2v) is 7.27. The molecule has 2 aromatic rings. The smallest absolute Gasteiger partial charge is 0.271 e. The van der Waals surface area contributed by atoms with Crippen molar-refractivity contribution in [1.29, 1.82) is 0 Å². The average molecular weight is 310 g/mol. The number of thiophene rings is 1. The van der Waals surface area contributed by atoms with E-state index in [0.717, 1.165) is 25.1 Å². The van der Waals surface area contributed by atoms with Gasteiger partial charge in [0.25, 0.3) is 10.0 Å². The van der Waals surface area contributed by atoms with E-state index < -0.39 is 10.0 Å². The fourth-order valence-electron chi connectivity index (χ4n) is 1.78. The highest BCUT2D eigenvalue weighted by Crippen LogP contribution is 2.20. The van der Waals surface area contributed by atoms with E-state index in [1.165, 1.54) is 11.3 Å². The molecule has 0 spiro atoms. The predicted octanol–water partition coefficient (Wildman–Crippen LogP) is 3.05. The van der Waals surface area contributed by atoms with Gasteiger partial charge in [0.15, 0.2) is 0 Å². The number of nitrogens with one attached hydrogen (secondary N) is 2. The number of hydrogen-bond acceptors (Lipinski definition) is 4. The Morgan fingerprint density at radius 2 is 2.05 bits per heavy atom. The molecule has 1 aromatic heterocycles. The lowest BCUT2D eigenvalue weighted by atomic mass is 10.2. The lowest BCUT2D eigenvalue weighted by Crippen LogP contribution is -2.15. The lowest BCUT2D eigenvalue weighted by molar-refractivity contribution is 0.603. The van der Waals surface area contributed by atoms with Gasteiger partial charge in [-0.15, -0.1) is 11.3 Å². The summed E-state index contributed by atoms with van der Waals surface area (Å²) < 4.78 is 27.2. The summed E-state index contributed by atoms with van der Waals surface area (Å²) in [5.74, 6) is 0. The standard InChI is InChI=1S/C14H18N2O2S2/c1-2-8-15-11-12-5-3-6-13(10-12)16-20(17,18)14-7-4-9-19-14/h3-7,9-10,15-16H,2,8,11H2,1H3. The average Bonchev–Trinajstić information content (AvgIpc) is 2.94. The molecule has 0 amide bonds. The second-order valence-electron chi connectivity index (χ2n) is 4.41. The third-order valence-corrected chi connectivity index (χ3v) is 5.47. The van der Waals surface area contributed by atoms with E-state index in [4.69, 9.17) is 0 Å². The van der Waals surface area contributed by atoms with E-state index in [-0.39, 0.29) is 0 Å². The molecule has 2 rings (SSSR count). The Labute approximate surface area is 123 Å². The van der Waals surface area contributed by atoms with Crippen molar-refractivity contribution in [3.63, 3.8) is 0 Å². The van der Waals surface area contributed by atoms with Crippen LogP contribution in [-0.4, -0.2) is 15.0 Å². The summed E-state index contributed by atoms with van der Waals surface area (Å²) in [6.07, 6.45) is 1.07. The topological polar surface area (TPSA) is 58.2 Å². The van der Waals surface area contributed by atoms with Gasteiger partial charge in [-0.05, 0) is 42.1 Å². The second kappa shape index (κ2) is 6.88. The van der Waals surface area contributed by atoms with Gasteiger partial charge in [-0.1, -0.05) is 25.1 Å². The van der Waals surface area contributed by atoms with Gasteiger partial charge in [0, 0.05) is 12.2 Å². The molecule has 0 saturated heterocycles. The maximum Gasteiger partial charge on any atom is 0.271 e. The first-order chi connectivity index (χ1) is 9.62. The molecule has 0 bridgehead atoms. The minimum absolute atomic E-state index is 0.326. The minimum Gasteiger partial charge on any atom is -0.313 e. The molecule has 1 heterocycles. The highest BCUT2D eigenvalue weighted by Gasteiger charge is 2.14. The van der Waals surface area contributed by atoms with Crippen molar-refractivity contribution in [2.45, 2.75) is 24.1 Å². The molecule has 0 radical (unpaired) electrons.